The molecule has 0 bridgehead atoms. The van der Waals surface area contributed by atoms with Gasteiger partial charge in [-0.15, -0.1) is 0 Å². The summed E-state index contributed by atoms with van der Waals surface area (Å²) >= 11 is 0. The average Bonchev–Trinajstić information content (AvgIpc) is 2.91. The van der Waals surface area contributed by atoms with Crippen LogP contribution in [0.1, 0.15) is 65.0 Å². The van der Waals surface area contributed by atoms with Gasteiger partial charge in [-0.2, -0.15) is 0 Å². The first-order valence-corrected chi connectivity index (χ1v) is 13.3. The van der Waals surface area contributed by atoms with Crippen LogP contribution in [0.15, 0.2) is 102 Å². The van der Waals surface area contributed by atoms with Gasteiger partial charge in [0.15, 0.2) is 0 Å². The Balaban J connectivity index is 2.28. The molecule has 202 valence electrons. The fraction of sp³-hybridized carbons (Fsp3) is 0.344. The van der Waals surface area contributed by atoms with E-state index in [0.29, 0.717) is 24.5 Å². The third kappa shape index (κ3) is 10.3. The maximum atomic E-state index is 15.5. The Kier molecular flexibility index (Phi) is 13.5. The van der Waals surface area contributed by atoms with Crippen molar-refractivity contribution in [3.05, 3.63) is 113 Å². The van der Waals surface area contributed by atoms with E-state index in [1.807, 2.05) is 70.3 Å². The summed E-state index contributed by atoms with van der Waals surface area (Å²) in [6.07, 6.45) is 21.8. The fourth-order valence-corrected chi connectivity index (χ4v) is 3.74. The van der Waals surface area contributed by atoms with Crippen molar-refractivity contribution < 1.29 is 4.39 Å². The summed E-state index contributed by atoms with van der Waals surface area (Å²) in [5.41, 5.74) is 5.39. The van der Waals surface area contributed by atoms with Crippen LogP contribution in [0, 0.1) is 6.92 Å². The Labute approximate surface area is 228 Å². The molecule has 2 rings (SSSR count). The number of hydrogen-bond acceptors (Lipinski definition) is 5. The molecular weight excluding hydrogens is 473 g/mol. The summed E-state index contributed by atoms with van der Waals surface area (Å²) in [7, 11) is 0. The lowest BCUT2D eigenvalue weighted by Crippen LogP contribution is -2.10. The summed E-state index contributed by atoms with van der Waals surface area (Å²) in [6, 6.07) is 3.92. The molecule has 0 aliphatic rings. The highest BCUT2D eigenvalue weighted by Crippen LogP contribution is 2.23. The lowest BCUT2D eigenvalue weighted by atomic mass is 10.0. The number of pyridine rings is 1. The molecule has 0 atom stereocenters. The van der Waals surface area contributed by atoms with Crippen molar-refractivity contribution in [1.29, 1.82) is 0 Å². The molecule has 38 heavy (non-hydrogen) atoms. The number of halogens is 1. The lowest BCUT2D eigenvalue weighted by molar-refractivity contribution is 0.655. The van der Waals surface area contributed by atoms with Crippen molar-refractivity contribution in [2.75, 3.05) is 17.2 Å². The van der Waals surface area contributed by atoms with E-state index in [-0.39, 0.29) is 5.83 Å². The van der Waals surface area contributed by atoms with Crippen LogP contribution in [0.4, 0.5) is 16.0 Å². The van der Waals surface area contributed by atoms with Crippen LogP contribution < -0.4 is 10.6 Å². The van der Waals surface area contributed by atoms with Gasteiger partial charge in [-0.05, 0) is 75.0 Å². The molecule has 0 fully saturated rings. The molecular formula is C32H42FN5. The smallest absolute Gasteiger partial charge is 0.134 e. The van der Waals surface area contributed by atoms with Crippen molar-refractivity contribution in [2.45, 2.75) is 67.3 Å². The van der Waals surface area contributed by atoms with E-state index in [2.05, 4.69) is 51.6 Å². The molecule has 0 unspecified atom stereocenters. The summed E-state index contributed by atoms with van der Waals surface area (Å²) in [6.45, 7) is 13.0. The van der Waals surface area contributed by atoms with E-state index in [9.17, 15) is 0 Å². The molecule has 0 aliphatic carbocycles. The van der Waals surface area contributed by atoms with E-state index in [1.165, 1.54) is 6.33 Å². The van der Waals surface area contributed by atoms with E-state index >= 15 is 4.39 Å². The number of nitrogens with zero attached hydrogens (tertiary/aromatic N) is 3. The lowest BCUT2D eigenvalue weighted by Gasteiger charge is -2.13. The topological polar surface area (TPSA) is 62.7 Å². The first-order chi connectivity index (χ1) is 18.4. The fourth-order valence-electron chi connectivity index (χ4n) is 3.74. The number of nitrogens with one attached hydrogen (secondary N) is 2. The third-order valence-corrected chi connectivity index (χ3v) is 5.87. The molecule has 2 aromatic heterocycles. The van der Waals surface area contributed by atoms with E-state index in [4.69, 9.17) is 0 Å². The van der Waals surface area contributed by atoms with E-state index in [1.54, 1.807) is 12.3 Å². The summed E-state index contributed by atoms with van der Waals surface area (Å²) in [4.78, 5) is 13.0. The first-order valence-electron chi connectivity index (χ1n) is 13.3. The van der Waals surface area contributed by atoms with Gasteiger partial charge in [0.2, 0.25) is 0 Å². The van der Waals surface area contributed by atoms with Gasteiger partial charge in [0.05, 0.1) is 0 Å². The highest BCUT2D eigenvalue weighted by molar-refractivity contribution is 5.57. The minimum Gasteiger partial charge on any atom is -0.366 e. The Morgan fingerprint density at radius 2 is 1.82 bits per heavy atom. The highest BCUT2D eigenvalue weighted by Gasteiger charge is 2.09. The average molecular weight is 516 g/mol. The van der Waals surface area contributed by atoms with Crippen molar-refractivity contribution >= 4 is 11.6 Å². The van der Waals surface area contributed by atoms with Gasteiger partial charge < -0.3 is 10.6 Å². The van der Waals surface area contributed by atoms with Gasteiger partial charge in [0.1, 0.15) is 23.8 Å². The largest absolute Gasteiger partial charge is 0.366 e. The molecule has 0 saturated heterocycles. The molecule has 0 aromatic carbocycles. The molecule has 0 amide bonds. The van der Waals surface area contributed by atoms with Crippen LogP contribution in [0.5, 0.6) is 0 Å². The quantitative estimate of drug-likeness (QED) is 0.247. The molecule has 2 heterocycles. The predicted molar refractivity (Wildman–Crippen MR) is 160 cm³/mol. The van der Waals surface area contributed by atoms with Gasteiger partial charge in [0.25, 0.3) is 0 Å². The Morgan fingerprint density at radius 3 is 2.47 bits per heavy atom. The second-order valence-electron chi connectivity index (χ2n) is 9.10. The molecule has 6 heteroatoms. The van der Waals surface area contributed by atoms with Gasteiger partial charge >= 0.3 is 0 Å². The maximum absolute atomic E-state index is 15.5. The molecule has 2 aromatic rings. The number of allylic oxidation sites excluding steroid dienone is 10. The van der Waals surface area contributed by atoms with Gasteiger partial charge in [-0.1, -0.05) is 68.4 Å². The zero-order chi connectivity index (χ0) is 27.8. The number of rotatable bonds is 14. The van der Waals surface area contributed by atoms with Crippen LogP contribution in [0.3, 0.4) is 0 Å². The molecule has 0 radical (unpaired) electrons. The number of anilines is 2. The van der Waals surface area contributed by atoms with E-state index < -0.39 is 0 Å². The van der Waals surface area contributed by atoms with Gasteiger partial charge in [0, 0.05) is 31.0 Å². The van der Waals surface area contributed by atoms with Crippen LogP contribution in [0.25, 0.3) is 0 Å². The Morgan fingerprint density at radius 1 is 1.05 bits per heavy atom. The normalized spacial score (nSPS) is 13.8. The third-order valence-electron chi connectivity index (χ3n) is 5.87. The summed E-state index contributed by atoms with van der Waals surface area (Å²) < 4.78 is 15.5. The van der Waals surface area contributed by atoms with E-state index in [0.717, 1.165) is 52.9 Å². The minimum absolute atomic E-state index is 0.255. The standard InChI is InChI=1S/C32H42FN5/c1-7-10-11-15-27(19-30(33)25(5)29(14-9-3)18-24(4)13-8-2)21-35-31-26(6)32(38-23-37-31)36-22-28-16-12-17-34-20-28/h9,11-20,23H,7-8,10,21-22H2,1-6H3,(H2,35,36,37,38)/b14-9-,15-11+,24-13+,27-19+,29-18+,30-25-. The zero-order valence-corrected chi connectivity index (χ0v) is 23.7. The second-order valence-corrected chi connectivity index (χ2v) is 9.10. The van der Waals surface area contributed by atoms with Crippen LogP contribution >= 0.6 is 0 Å². The SMILES string of the molecule is C\C=C/C(=C\C(C)=C\CC)C(/C)=C(F)/C=C(\C=C\CCC)CNc1ncnc(NCc2cccnc2)c1C. The maximum Gasteiger partial charge on any atom is 0.134 e. The van der Waals surface area contributed by atoms with Gasteiger partial charge in [-0.3, -0.25) is 4.98 Å². The van der Waals surface area contributed by atoms with Gasteiger partial charge in [-0.25, -0.2) is 14.4 Å². The zero-order valence-electron chi connectivity index (χ0n) is 23.7. The number of aromatic nitrogens is 3. The highest BCUT2D eigenvalue weighted by atomic mass is 19.1. The van der Waals surface area contributed by atoms with Crippen molar-refractivity contribution in [2.24, 2.45) is 0 Å². The van der Waals surface area contributed by atoms with Crippen molar-refractivity contribution in [3.8, 4) is 0 Å². The van der Waals surface area contributed by atoms with Crippen LogP contribution in [-0.4, -0.2) is 21.5 Å². The first kappa shape index (κ1) is 30.4. The molecule has 5 nitrogen and oxygen atoms in total. The molecule has 0 saturated carbocycles. The molecule has 2 N–H and O–H groups in total. The Hall–Kier alpha value is -3.80. The second kappa shape index (κ2) is 16.8. The van der Waals surface area contributed by atoms with Crippen LogP contribution in [-0.2, 0) is 6.54 Å². The molecule has 0 spiro atoms. The van der Waals surface area contributed by atoms with Crippen molar-refractivity contribution in [1.82, 2.24) is 15.0 Å². The number of hydrogen-bond donors (Lipinski definition) is 2. The van der Waals surface area contributed by atoms with Crippen LogP contribution in [0.2, 0.25) is 0 Å². The van der Waals surface area contributed by atoms with Crippen molar-refractivity contribution in [3.63, 3.8) is 0 Å². The minimum atomic E-state index is -0.255. The monoisotopic (exact) mass is 515 g/mol. The molecule has 0 aliphatic heterocycles. The number of unbranched alkanes of at least 4 members (excludes halogenated alkanes) is 1. The summed E-state index contributed by atoms with van der Waals surface area (Å²) in [5.74, 6) is 1.20. The summed E-state index contributed by atoms with van der Waals surface area (Å²) in [5, 5.41) is 6.73. The predicted octanol–water partition coefficient (Wildman–Crippen LogP) is 8.59. The Bertz CT molecular complexity index is 1200.